The number of rotatable bonds is 1. The molecule has 1 aliphatic heterocycles. The summed E-state index contributed by atoms with van der Waals surface area (Å²) in [6.45, 7) is 2.11. The van der Waals surface area contributed by atoms with Gasteiger partial charge in [0.05, 0.1) is 0 Å². The van der Waals surface area contributed by atoms with E-state index >= 15 is 0 Å². The molecule has 0 saturated carbocycles. The Morgan fingerprint density at radius 2 is 1.42 bits per heavy atom. The summed E-state index contributed by atoms with van der Waals surface area (Å²) in [5.41, 5.74) is 12.0. The lowest BCUT2D eigenvalue weighted by Crippen LogP contribution is -2.22. The molecule has 2 atom stereocenters. The molecule has 2 aromatic rings. The number of fused-ring (bicyclic) bond motifs is 2. The molecule has 1 aliphatic carbocycles. The average Bonchev–Trinajstić information content (AvgIpc) is 3.01. The SMILES string of the molecule is NC1CC(N2Cc3ccccc3C2)c2ccccc21. The van der Waals surface area contributed by atoms with Crippen molar-refractivity contribution in [3.05, 3.63) is 70.8 Å². The highest BCUT2D eigenvalue weighted by Crippen LogP contribution is 2.43. The first-order valence-electron chi connectivity index (χ1n) is 6.98. The summed E-state index contributed by atoms with van der Waals surface area (Å²) < 4.78 is 0. The van der Waals surface area contributed by atoms with Crippen molar-refractivity contribution in [3.63, 3.8) is 0 Å². The van der Waals surface area contributed by atoms with Crippen molar-refractivity contribution in [2.75, 3.05) is 0 Å². The highest BCUT2D eigenvalue weighted by molar-refractivity contribution is 5.39. The molecular weight excluding hydrogens is 232 g/mol. The van der Waals surface area contributed by atoms with E-state index in [1.807, 2.05) is 0 Å². The van der Waals surface area contributed by atoms with Gasteiger partial charge in [-0.3, -0.25) is 4.90 Å². The molecule has 2 aliphatic rings. The van der Waals surface area contributed by atoms with E-state index < -0.39 is 0 Å². The molecule has 2 unspecified atom stereocenters. The van der Waals surface area contributed by atoms with Crippen molar-refractivity contribution in [1.82, 2.24) is 4.90 Å². The maximum atomic E-state index is 6.28. The maximum absolute atomic E-state index is 6.28. The van der Waals surface area contributed by atoms with E-state index in [1.54, 1.807) is 0 Å². The number of hydrogen-bond acceptors (Lipinski definition) is 2. The van der Waals surface area contributed by atoms with Crippen LogP contribution in [-0.4, -0.2) is 4.90 Å². The van der Waals surface area contributed by atoms with E-state index in [9.17, 15) is 0 Å². The van der Waals surface area contributed by atoms with Crippen LogP contribution in [0.25, 0.3) is 0 Å². The summed E-state index contributed by atoms with van der Waals surface area (Å²) in [5, 5.41) is 0. The number of nitrogens with zero attached hydrogens (tertiary/aromatic N) is 1. The summed E-state index contributed by atoms with van der Waals surface area (Å²) >= 11 is 0. The number of nitrogens with two attached hydrogens (primary N) is 1. The number of benzene rings is 2. The molecule has 0 aromatic heterocycles. The van der Waals surface area contributed by atoms with Crippen LogP contribution in [0.2, 0.25) is 0 Å². The van der Waals surface area contributed by atoms with Gasteiger partial charge in [0, 0.05) is 25.2 Å². The van der Waals surface area contributed by atoms with Crippen LogP contribution in [0.15, 0.2) is 48.5 Å². The fourth-order valence-corrected chi connectivity index (χ4v) is 3.57. The minimum atomic E-state index is 0.199. The van der Waals surface area contributed by atoms with Gasteiger partial charge in [-0.15, -0.1) is 0 Å². The van der Waals surface area contributed by atoms with Crippen LogP contribution in [-0.2, 0) is 13.1 Å². The molecule has 2 heteroatoms. The van der Waals surface area contributed by atoms with Crippen LogP contribution in [0, 0.1) is 0 Å². The molecule has 0 spiro atoms. The average molecular weight is 250 g/mol. The van der Waals surface area contributed by atoms with E-state index in [4.69, 9.17) is 5.73 Å². The van der Waals surface area contributed by atoms with Gasteiger partial charge in [-0.1, -0.05) is 48.5 Å². The van der Waals surface area contributed by atoms with Crippen molar-refractivity contribution in [2.45, 2.75) is 31.6 Å². The first-order valence-corrected chi connectivity index (χ1v) is 6.98. The Morgan fingerprint density at radius 3 is 2.11 bits per heavy atom. The van der Waals surface area contributed by atoms with Gasteiger partial charge in [-0.2, -0.15) is 0 Å². The molecule has 0 radical (unpaired) electrons. The summed E-state index contributed by atoms with van der Waals surface area (Å²) in [6, 6.07) is 18.1. The zero-order chi connectivity index (χ0) is 12.8. The Labute approximate surface area is 113 Å². The molecule has 0 amide bonds. The fourth-order valence-electron chi connectivity index (χ4n) is 3.57. The summed E-state index contributed by atoms with van der Waals surface area (Å²) in [4.78, 5) is 2.57. The maximum Gasteiger partial charge on any atom is 0.0376 e. The quantitative estimate of drug-likeness (QED) is 0.842. The van der Waals surface area contributed by atoms with Crippen LogP contribution in [0.4, 0.5) is 0 Å². The van der Waals surface area contributed by atoms with E-state index in [1.165, 1.54) is 22.3 Å². The van der Waals surface area contributed by atoms with Crippen molar-refractivity contribution in [3.8, 4) is 0 Å². The minimum absolute atomic E-state index is 0.199. The summed E-state index contributed by atoms with van der Waals surface area (Å²) in [7, 11) is 0. The third kappa shape index (κ3) is 1.71. The molecule has 4 rings (SSSR count). The third-order valence-electron chi connectivity index (χ3n) is 4.54. The molecule has 1 heterocycles. The molecule has 2 aromatic carbocycles. The third-order valence-corrected chi connectivity index (χ3v) is 4.54. The summed E-state index contributed by atoms with van der Waals surface area (Å²) in [5.74, 6) is 0. The fraction of sp³-hybridized carbons (Fsp3) is 0.294. The molecule has 2 nitrogen and oxygen atoms in total. The lowest BCUT2D eigenvalue weighted by molar-refractivity contribution is 0.194. The lowest BCUT2D eigenvalue weighted by Gasteiger charge is -2.24. The van der Waals surface area contributed by atoms with Gasteiger partial charge < -0.3 is 5.73 Å². The van der Waals surface area contributed by atoms with Crippen LogP contribution < -0.4 is 5.73 Å². The van der Waals surface area contributed by atoms with E-state index in [0.717, 1.165) is 19.5 Å². The lowest BCUT2D eigenvalue weighted by atomic mass is 10.1. The van der Waals surface area contributed by atoms with Crippen LogP contribution in [0.3, 0.4) is 0 Å². The second kappa shape index (κ2) is 4.19. The highest BCUT2D eigenvalue weighted by atomic mass is 15.2. The zero-order valence-electron chi connectivity index (χ0n) is 10.9. The van der Waals surface area contributed by atoms with Crippen molar-refractivity contribution < 1.29 is 0 Å². The summed E-state index contributed by atoms with van der Waals surface area (Å²) in [6.07, 6.45) is 1.05. The second-order valence-electron chi connectivity index (χ2n) is 5.66. The van der Waals surface area contributed by atoms with Gasteiger partial charge in [0.25, 0.3) is 0 Å². The van der Waals surface area contributed by atoms with Crippen molar-refractivity contribution >= 4 is 0 Å². The molecule has 2 N–H and O–H groups in total. The Hall–Kier alpha value is -1.64. The number of hydrogen-bond donors (Lipinski definition) is 1. The highest BCUT2D eigenvalue weighted by Gasteiger charge is 2.34. The molecule has 0 bridgehead atoms. The zero-order valence-corrected chi connectivity index (χ0v) is 10.9. The molecular formula is C17H18N2. The van der Waals surface area contributed by atoms with Gasteiger partial charge >= 0.3 is 0 Å². The Kier molecular flexibility index (Phi) is 2.47. The first-order chi connectivity index (χ1) is 9.33. The van der Waals surface area contributed by atoms with Crippen LogP contribution in [0.5, 0.6) is 0 Å². The Balaban J connectivity index is 1.67. The van der Waals surface area contributed by atoms with E-state index in [0.29, 0.717) is 6.04 Å². The normalized spacial score (nSPS) is 25.3. The van der Waals surface area contributed by atoms with Gasteiger partial charge in [0.1, 0.15) is 0 Å². The smallest absolute Gasteiger partial charge is 0.0376 e. The predicted octanol–water partition coefficient (Wildman–Crippen LogP) is 3.15. The molecule has 0 fully saturated rings. The van der Waals surface area contributed by atoms with Gasteiger partial charge in [-0.25, -0.2) is 0 Å². The molecule has 96 valence electrons. The Bertz CT molecular complexity index is 595. The van der Waals surface area contributed by atoms with E-state index in [-0.39, 0.29) is 6.04 Å². The van der Waals surface area contributed by atoms with Crippen LogP contribution in [0.1, 0.15) is 40.8 Å². The van der Waals surface area contributed by atoms with E-state index in [2.05, 4.69) is 53.4 Å². The first kappa shape index (κ1) is 11.2. The van der Waals surface area contributed by atoms with Crippen LogP contribution >= 0.6 is 0 Å². The van der Waals surface area contributed by atoms with Gasteiger partial charge in [0.2, 0.25) is 0 Å². The minimum Gasteiger partial charge on any atom is -0.324 e. The van der Waals surface area contributed by atoms with Gasteiger partial charge in [-0.05, 0) is 28.7 Å². The van der Waals surface area contributed by atoms with Gasteiger partial charge in [0.15, 0.2) is 0 Å². The standard InChI is InChI=1S/C17H18N2/c18-16-9-17(15-8-4-3-7-14(15)16)19-10-12-5-1-2-6-13(12)11-19/h1-8,16-17H,9-11,18H2. The molecule has 0 saturated heterocycles. The Morgan fingerprint density at radius 1 is 0.842 bits per heavy atom. The largest absolute Gasteiger partial charge is 0.324 e. The predicted molar refractivity (Wildman–Crippen MR) is 76.4 cm³/mol. The topological polar surface area (TPSA) is 29.3 Å². The second-order valence-corrected chi connectivity index (χ2v) is 5.66. The molecule has 19 heavy (non-hydrogen) atoms. The monoisotopic (exact) mass is 250 g/mol. The van der Waals surface area contributed by atoms with Crippen molar-refractivity contribution in [1.29, 1.82) is 0 Å². The van der Waals surface area contributed by atoms with Crippen molar-refractivity contribution in [2.24, 2.45) is 5.73 Å².